The summed E-state index contributed by atoms with van der Waals surface area (Å²) in [6.45, 7) is 4.20. The minimum atomic E-state index is -0.319. The van der Waals surface area contributed by atoms with Gasteiger partial charge in [-0.3, -0.25) is 0 Å². The second-order valence-electron chi connectivity index (χ2n) is 4.00. The molecule has 0 saturated carbocycles. The first kappa shape index (κ1) is 14.3. The van der Waals surface area contributed by atoms with Gasteiger partial charge < -0.3 is 0 Å². The van der Waals surface area contributed by atoms with E-state index in [2.05, 4.69) is 29.8 Å². The lowest BCUT2D eigenvalue weighted by molar-refractivity contribution is 0.497. The van der Waals surface area contributed by atoms with E-state index in [0.717, 1.165) is 12.8 Å². The van der Waals surface area contributed by atoms with Crippen LogP contribution in [0.25, 0.3) is 0 Å². The van der Waals surface area contributed by atoms with Crippen LogP contribution >= 0.6 is 39.1 Å². The van der Waals surface area contributed by atoms with E-state index >= 15 is 0 Å². The maximum atomic E-state index is 13.7. The maximum absolute atomic E-state index is 13.7. The predicted octanol–water partition coefficient (Wildman–Crippen LogP) is 5.96. The quantitative estimate of drug-likeness (QED) is 0.473. The molecule has 0 saturated heterocycles. The van der Waals surface area contributed by atoms with Crippen molar-refractivity contribution >= 4 is 39.1 Å². The molecule has 90 valence electrons. The van der Waals surface area contributed by atoms with Gasteiger partial charge in [-0.2, -0.15) is 0 Å². The Hall–Kier alpha value is 0.210. The van der Waals surface area contributed by atoms with Crippen LogP contribution in [0.2, 0.25) is 5.02 Å². The summed E-state index contributed by atoms with van der Waals surface area (Å²) in [7, 11) is 0. The molecule has 0 radical (unpaired) electrons. The summed E-state index contributed by atoms with van der Waals surface area (Å²) in [5, 5.41) is 0.173. The highest BCUT2D eigenvalue weighted by Gasteiger charge is 2.17. The minimum absolute atomic E-state index is 0.306. The summed E-state index contributed by atoms with van der Waals surface area (Å²) in [6.07, 6.45) is 1.79. The second kappa shape index (κ2) is 6.23. The fourth-order valence-electron chi connectivity index (χ4n) is 1.42. The van der Waals surface area contributed by atoms with Gasteiger partial charge in [-0.05, 0) is 40.4 Å². The number of hydrogen-bond donors (Lipinski definition) is 0. The SMILES string of the molecule is CCC(C)CC(Cl)c1cc(Cl)c(Br)cc1F. The van der Waals surface area contributed by atoms with E-state index in [0.29, 0.717) is 21.0 Å². The van der Waals surface area contributed by atoms with Crippen LogP contribution in [0.3, 0.4) is 0 Å². The lowest BCUT2D eigenvalue weighted by Crippen LogP contribution is -2.01. The highest BCUT2D eigenvalue weighted by atomic mass is 79.9. The molecule has 0 nitrogen and oxygen atoms in total. The van der Waals surface area contributed by atoms with Crippen LogP contribution in [0.15, 0.2) is 16.6 Å². The van der Waals surface area contributed by atoms with Crippen molar-refractivity contribution in [1.82, 2.24) is 0 Å². The minimum Gasteiger partial charge on any atom is -0.207 e. The Labute approximate surface area is 114 Å². The Morgan fingerprint density at radius 3 is 2.62 bits per heavy atom. The topological polar surface area (TPSA) is 0 Å². The first-order valence-electron chi connectivity index (χ1n) is 5.24. The lowest BCUT2D eigenvalue weighted by atomic mass is 9.98. The lowest BCUT2D eigenvalue weighted by Gasteiger charge is -2.15. The molecule has 0 aliphatic carbocycles. The molecule has 2 atom stereocenters. The molecule has 0 amide bonds. The second-order valence-corrected chi connectivity index (χ2v) is 5.79. The highest BCUT2D eigenvalue weighted by Crippen LogP contribution is 2.35. The van der Waals surface area contributed by atoms with Crippen LogP contribution in [0.1, 0.15) is 37.6 Å². The molecule has 0 spiro atoms. The summed E-state index contributed by atoms with van der Waals surface area (Å²) in [6, 6.07) is 2.96. The summed E-state index contributed by atoms with van der Waals surface area (Å²) in [5.74, 6) is 0.170. The Morgan fingerprint density at radius 2 is 2.06 bits per heavy atom. The Kier molecular flexibility index (Phi) is 5.55. The van der Waals surface area contributed by atoms with Gasteiger partial charge in [-0.15, -0.1) is 11.6 Å². The first-order chi connectivity index (χ1) is 7.45. The molecule has 2 unspecified atom stereocenters. The van der Waals surface area contributed by atoms with Crippen molar-refractivity contribution in [2.24, 2.45) is 5.92 Å². The van der Waals surface area contributed by atoms with Gasteiger partial charge in [0, 0.05) is 10.0 Å². The zero-order valence-corrected chi connectivity index (χ0v) is 12.3. The maximum Gasteiger partial charge on any atom is 0.129 e. The third kappa shape index (κ3) is 3.61. The molecule has 1 rings (SSSR count). The Bertz CT molecular complexity index is 368. The molecule has 0 aromatic heterocycles. The van der Waals surface area contributed by atoms with Crippen molar-refractivity contribution in [3.05, 3.63) is 33.0 Å². The first-order valence-corrected chi connectivity index (χ1v) is 6.85. The number of benzene rings is 1. The van der Waals surface area contributed by atoms with Gasteiger partial charge in [0.05, 0.1) is 10.4 Å². The average molecular weight is 328 g/mol. The van der Waals surface area contributed by atoms with Gasteiger partial charge in [0.25, 0.3) is 0 Å². The van der Waals surface area contributed by atoms with Crippen molar-refractivity contribution in [1.29, 1.82) is 0 Å². The Balaban J connectivity index is 2.91. The van der Waals surface area contributed by atoms with Crippen molar-refractivity contribution in [3.8, 4) is 0 Å². The fourth-order valence-corrected chi connectivity index (χ4v) is 2.38. The largest absolute Gasteiger partial charge is 0.207 e. The van der Waals surface area contributed by atoms with E-state index in [-0.39, 0.29) is 11.2 Å². The van der Waals surface area contributed by atoms with Crippen molar-refractivity contribution in [3.63, 3.8) is 0 Å². The third-order valence-electron chi connectivity index (χ3n) is 2.68. The molecule has 1 aromatic carbocycles. The van der Waals surface area contributed by atoms with Crippen molar-refractivity contribution in [2.75, 3.05) is 0 Å². The van der Waals surface area contributed by atoms with Gasteiger partial charge >= 0.3 is 0 Å². The van der Waals surface area contributed by atoms with Gasteiger partial charge in [-0.1, -0.05) is 31.9 Å². The molecule has 0 heterocycles. The van der Waals surface area contributed by atoms with Crippen LogP contribution in [-0.4, -0.2) is 0 Å². The summed E-state index contributed by atoms with van der Waals surface area (Å²) >= 11 is 15.3. The molecule has 0 aliphatic heterocycles. The van der Waals surface area contributed by atoms with E-state index < -0.39 is 0 Å². The predicted molar refractivity (Wildman–Crippen MR) is 71.8 cm³/mol. The molecule has 0 N–H and O–H groups in total. The van der Waals surface area contributed by atoms with E-state index in [1.165, 1.54) is 6.07 Å². The molecule has 16 heavy (non-hydrogen) atoms. The zero-order chi connectivity index (χ0) is 12.3. The van der Waals surface area contributed by atoms with Crippen molar-refractivity contribution in [2.45, 2.75) is 32.1 Å². The van der Waals surface area contributed by atoms with Crippen LogP contribution in [0.5, 0.6) is 0 Å². The number of rotatable bonds is 4. The van der Waals surface area contributed by atoms with E-state index in [1.807, 2.05) is 0 Å². The van der Waals surface area contributed by atoms with Crippen molar-refractivity contribution < 1.29 is 4.39 Å². The van der Waals surface area contributed by atoms with E-state index in [1.54, 1.807) is 6.07 Å². The van der Waals surface area contributed by atoms with Gasteiger partial charge in [0.15, 0.2) is 0 Å². The number of hydrogen-bond acceptors (Lipinski definition) is 0. The van der Waals surface area contributed by atoms with Crippen LogP contribution in [-0.2, 0) is 0 Å². The monoisotopic (exact) mass is 326 g/mol. The zero-order valence-electron chi connectivity index (χ0n) is 9.24. The van der Waals surface area contributed by atoms with Gasteiger partial charge in [0.1, 0.15) is 5.82 Å². The molecule has 0 fully saturated rings. The summed E-state index contributed by atoms with van der Waals surface area (Å²) in [4.78, 5) is 0. The smallest absolute Gasteiger partial charge is 0.129 e. The molecule has 0 bridgehead atoms. The summed E-state index contributed by atoms with van der Waals surface area (Å²) in [5.41, 5.74) is 0.482. The number of alkyl halides is 1. The molecular weight excluding hydrogens is 314 g/mol. The third-order valence-corrected chi connectivity index (χ3v) is 4.29. The normalized spacial score (nSPS) is 14.9. The van der Waals surface area contributed by atoms with E-state index in [9.17, 15) is 4.39 Å². The average Bonchev–Trinajstić information content (AvgIpc) is 2.23. The van der Waals surface area contributed by atoms with Gasteiger partial charge in [-0.25, -0.2) is 4.39 Å². The van der Waals surface area contributed by atoms with Crippen LogP contribution in [0.4, 0.5) is 4.39 Å². The molecular formula is C12H14BrCl2F. The highest BCUT2D eigenvalue weighted by molar-refractivity contribution is 9.10. The number of halogens is 4. The molecule has 1 aromatic rings. The molecule has 0 aliphatic rings. The van der Waals surface area contributed by atoms with Crippen LogP contribution in [0, 0.1) is 11.7 Å². The summed E-state index contributed by atoms with van der Waals surface area (Å²) < 4.78 is 14.2. The molecule has 4 heteroatoms. The van der Waals surface area contributed by atoms with Crippen LogP contribution < -0.4 is 0 Å². The van der Waals surface area contributed by atoms with Gasteiger partial charge in [0.2, 0.25) is 0 Å². The standard InChI is InChI=1S/C12H14BrCl2F/c1-3-7(2)4-10(14)8-5-11(15)9(13)6-12(8)16/h5-7,10H,3-4H2,1-2H3. The van der Waals surface area contributed by atoms with E-state index in [4.69, 9.17) is 23.2 Å². The Morgan fingerprint density at radius 1 is 1.44 bits per heavy atom. The fraction of sp³-hybridized carbons (Fsp3) is 0.500.